The molecule has 23 heavy (non-hydrogen) atoms. The van der Waals surface area contributed by atoms with Gasteiger partial charge in [-0.05, 0) is 30.3 Å². The number of para-hydroxylation sites is 2. The zero-order valence-corrected chi connectivity index (χ0v) is 12.4. The van der Waals surface area contributed by atoms with Crippen LogP contribution >= 0.6 is 0 Å². The normalized spacial score (nSPS) is 9.74. The summed E-state index contributed by atoms with van der Waals surface area (Å²) in [6.07, 6.45) is 0. The van der Waals surface area contributed by atoms with Crippen molar-refractivity contribution in [1.82, 2.24) is 0 Å². The molecule has 2 aromatic carbocycles. The average molecular weight is 312 g/mol. The summed E-state index contributed by atoms with van der Waals surface area (Å²) in [4.78, 5) is 11.9. The minimum Gasteiger partial charge on any atom is -0.487 e. The van der Waals surface area contributed by atoms with Gasteiger partial charge in [-0.3, -0.25) is 4.79 Å². The first-order chi connectivity index (χ1) is 11.2. The van der Waals surface area contributed by atoms with Crippen molar-refractivity contribution in [1.29, 1.82) is 5.26 Å². The van der Waals surface area contributed by atoms with Gasteiger partial charge in [0.2, 0.25) is 0 Å². The molecule has 0 unspecified atom stereocenters. The van der Waals surface area contributed by atoms with Crippen molar-refractivity contribution >= 4 is 11.6 Å². The van der Waals surface area contributed by atoms with Crippen molar-refractivity contribution in [3.63, 3.8) is 0 Å². The molecule has 0 atom stereocenters. The molecule has 6 nitrogen and oxygen atoms in total. The van der Waals surface area contributed by atoms with E-state index >= 15 is 0 Å². The molecule has 2 rings (SSSR count). The Hall–Kier alpha value is -3.04. The topological polar surface area (TPSA) is 91.6 Å². The third kappa shape index (κ3) is 5.02. The van der Waals surface area contributed by atoms with Gasteiger partial charge < -0.3 is 19.9 Å². The molecule has 0 aliphatic rings. The van der Waals surface area contributed by atoms with Crippen molar-refractivity contribution in [2.75, 3.05) is 25.1 Å². The summed E-state index contributed by atoms with van der Waals surface area (Å²) in [5.41, 5.74) is 0.994. The van der Waals surface area contributed by atoms with Gasteiger partial charge in [0.25, 0.3) is 5.91 Å². The second-order valence-corrected chi connectivity index (χ2v) is 4.55. The zero-order valence-electron chi connectivity index (χ0n) is 12.4. The number of nitrogens with zero attached hydrogens (tertiary/aromatic N) is 1. The Morgan fingerprint density at radius 2 is 1.87 bits per heavy atom. The summed E-state index contributed by atoms with van der Waals surface area (Å²) < 4.78 is 10.8. The maximum absolute atomic E-state index is 11.9. The van der Waals surface area contributed by atoms with E-state index in [1.54, 1.807) is 48.5 Å². The number of carbonyl (C=O) groups is 1. The molecule has 0 aromatic heterocycles. The lowest BCUT2D eigenvalue weighted by atomic mass is 10.2. The van der Waals surface area contributed by atoms with Crippen LogP contribution in [-0.2, 0) is 4.79 Å². The minimum absolute atomic E-state index is 0.107. The second-order valence-electron chi connectivity index (χ2n) is 4.55. The van der Waals surface area contributed by atoms with Gasteiger partial charge in [-0.15, -0.1) is 0 Å². The van der Waals surface area contributed by atoms with E-state index in [-0.39, 0.29) is 25.7 Å². The predicted molar refractivity (Wildman–Crippen MR) is 84.3 cm³/mol. The summed E-state index contributed by atoms with van der Waals surface area (Å²) >= 11 is 0. The van der Waals surface area contributed by atoms with Crippen LogP contribution in [0.25, 0.3) is 0 Å². The number of ether oxygens (including phenoxy) is 2. The van der Waals surface area contributed by atoms with Crippen LogP contribution in [0, 0.1) is 11.3 Å². The van der Waals surface area contributed by atoms with Crippen LogP contribution < -0.4 is 14.8 Å². The molecule has 0 fully saturated rings. The van der Waals surface area contributed by atoms with Gasteiger partial charge in [0.1, 0.15) is 6.61 Å². The van der Waals surface area contributed by atoms with Gasteiger partial charge in [-0.25, -0.2) is 0 Å². The summed E-state index contributed by atoms with van der Waals surface area (Å²) in [7, 11) is 0. The second kappa shape index (κ2) is 8.41. The Kier molecular flexibility index (Phi) is 5.98. The maximum atomic E-state index is 11.9. The highest BCUT2D eigenvalue weighted by Gasteiger charge is 2.08. The lowest BCUT2D eigenvalue weighted by molar-refractivity contribution is -0.118. The van der Waals surface area contributed by atoms with Crippen molar-refractivity contribution in [2.24, 2.45) is 0 Å². The first-order valence-electron chi connectivity index (χ1n) is 6.98. The van der Waals surface area contributed by atoms with Crippen LogP contribution in [0.15, 0.2) is 48.5 Å². The number of amides is 1. The summed E-state index contributed by atoms with van der Waals surface area (Å²) in [5.74, 6) is 0.528. The Balaban J connectivity index is 1.93. The molecule has 2 N–H and O–H groups in total. The molecule has 0 radical (unpaired) electrons. The average Bonchev–Trinajstić information content (AvgIpc) is 2.59. The molecule has 118 valence electrons. The van der Waals surface area contributed by atoms with E-state index in [0.717, 1.165) is 0 Å². The number of hydrogen-bond donors (Lipinski definition) is 2. The fourth-order valence-corrected chi connectivity index (χ4v) is 1.85. The molecule has 0 saturated heterocycles. The zero-order chi connectivity index (χ0) is 16.5. The lowest BCUT2D eigenvalue weighted by Crippen LogP contribution is -2.20. The molecule has 0 bridgehead atoms. The first-order valence-corrected chi connectivity index (χ1v) is 6.98. The fraction of sp³-hybridized carbons (Fsp3) is 0.176. The smallest absolute Gasteiger partial charge is 0.262 e. The molecule has 0 saturated carbocycles. The number of rotatable bonds is 7. The van der Waals surface area contributed by atoms with Gasteiger partial charge in [-0.1, -0.05) is 18.2 Å². The largest absolute Gasteiger partial charge is 0.487 e. The molecule has 0 aliphatic carbocycles. The third-order valence-electron chi connectivity index (χ3n) is 2.83. The molecule has 6 heteroatoms. The standard InChI is InChI=1S/C17H16N2O4/c18-11-13-4-3-5-14(10-13)19-17(21)12-23-16-7-2-1-6-15(16)22-9-8-20/h1-7,10,20H,8-9,12H2,(H,19,21). The number of aliphatic hydroxyl groups is 1. The minimum atomic E-state index is -0.350. The molecule has 1 amide bonds. The van der Waals surface area contributed by atoms with Crippen molar-refractivity contribution < 1.29 is 19.4 Å². The van der Waals surface area contributed by atoms with Gasteiger partial charge in [-0.2, -0.15) is 5.26 Å². The van der Waals surface area contributed by atoms with Crippen molar-refractivity contribution in [3.8, 4) is 17.6 Å². The van der Waals surface area contributed by atoms with E-state index in [0.29, 0.717) is 22.7 Å². The Morgan fingerprint density at radius 3 is 2.57 bits per heavy atom. The van der Waals surface area contributed by atoms with E-state index in [1.165, 1.54) is 0 Å². The molecule has 0 heterocycles. The Morgan fingerprint density at radius 1 is 1.13 bits per heavy atom. The van der Waals surface area contributed by atoms with Crippen LogP contribution in [0.3, 0.4) is 0 Å². The van der Waals surface area contributed by atoms with Crippen LogP contribution in [-0.4, -0.2) is 30.8 Å². The van der Waals surface area contributed by atoms with E-state index in [2.05, 4.69) is 5.32 Å². The molecule has 2 aromatic rings. The van der Waals surface area contributed by atoms with Gasteiger partial charge in [0.05, 0.1) is 18.2 Å². The van der Waals surface area contributed by atoms with Crippen molar-refractivity contribution in [3.05, 3.63) is 54.1 Å². The van der Waals surface area contributed by atoms with Crippen molar-refractivity contribution in [2.45, 2.75) is 0 Å². The van der Waals surface area contributed by atoms with Crippen LogP contribution in [0.5, 0.6) is 11.5 Å². The molecule has 0 spiro atoms. The van der Waals surface area contributed by atoms with Crippen LogP contribution in [0.1, 0.15) is 5.56 Å². The third-order valence-corrected chi connectivity index (χ3v) is 2.83. The lowest BCUT2D eigenvalue weighted by Gasteiger charge is -2.12. The number of nitriles is 1. The van der Waals surface area contributed by atoms with Crippen LogP contribution in [0.4, 0.5) is 5.69 Å². The summed E-state index contributed by atoms with van der Waals surface area (Å²) in [6.45, 7) is -0.159. The quantitative estimate of drug-likeness (QED) is 0.815. The predicted octanol–water partition coefficient (Wildman–Crippen LogP) is 1.95. The number of carbonyl (C=O) groups excluding carboxylic acids is 1. The van der Waals surface area contributed by atoms with E-state index in [1.807, 2.05) is 6.07 Å². The fourth-order valence-electron chi connectivity index (χ4n) is 1.85. The van der Waals surface area contributed by atoms with E-state index < -0.39 is 0 Å². The summed E-state index contributed by atoms with van der Waals surface area (Å²) in [5, 5.41) is 20.3. The number of hydrogen-bond acceptors (Lipinski definition) is 5. The van der Waals surface area contributed by atoms with E-state index in [9.17, 15) is 4.79 Å². The van der Waals surface area contributed by atoms with Crippen LogP contribution in [0.2, 0.25) is 0 Å². The first kappa shape index (κ1) is 16.3. The number of benzene rings is 2. The number of anilines is 1. The van der Waals surface area contributed by atoms with Gasteiger partial charge >= 0.3 is 0 Å². The highest BCUT2D eigenvalue weighted by molar-refractivity contribution is 5.92. The maximum Gasteiger partial charge on any atom is 0.262 e. The SMILES string of the molecule is N#Cc1cccc(NC(=O)COc2ccccc2OCCO)c1. The molecular formula is C17H16N2O4. The monoisotopic (exact) mass is 312 g/mol. The van der Waals surface area contributed by atoms with Gasteiger partial charge in [0.15, 0.2) is 18.1 Å². The number of aliphatic hydroxyl groups excluding tert-OH is 1. The summed E-state index contributed by atoms with van der Waals surface area (Å²) in [6, 6.07) is 15.5. The molecular weight excluding hydrogens is 296 g/mol. The number of nitrogens with one attached hydrogen (secondary N) is 1. The highest BCUT2D eigenvalue weighted by Crippen LogP contribution is 2.26. The van der Waals surface area contributed by atoms with E-state index in [4.69, 9.17) is 19.8 Å². The Labute approximate surface area is 133 Å². The molecule has 0 aliphatic heterocycles. The highest BCUT2D eigenvalue weighted by atomic mass is 16.5. The van der Waals surface area contributed by atoms with Gasteiger partial charge in [0, 0.05) is 5.69 Å². The Bertz CT molecular complexity index is 710.